The number of halogens is 2. The molecule has 22 heavy (non-hydrogen) atoms. The third-order valence-electron chi connectivity index (χ3n) is 3.14. The first kappa shape index (κ1) is 15.1. The number of carbonyl (C=O) groups is 2. The molecule has 0 spiro atoms. The highest BCUT2D eigenvalue weighted by molar-refractivity contribution is 9.10. The minimum absolute atomic E-state index is 0.00523. The maximum absolute atomic E-state index is 12.7. The Bertz CT molecular complexity index is 932. The highest BCUT2D eigenvalue weighted by Gasteiger charge is 2.26. The van der Waals surface area contributed by atoms with Gasteiger partial charge in [0.15, 0.2) is 0 Å². The number of ketones is 1. The summed E-state index contributed by atoms with van der Waals surface area (Å²) in [5, 5.41) is 12.8. The van der Waals surface area contributed by atoms with Crippen LogP contribution >= 0.6 is 38.9 Å². The summed E-state index contributed by atoms with van der Waals surface area (Å²) < 4.78 is 1.65. The summed E-state index contributed by atoms with van der Waals surface area (Å²) in [5.41, 5.74) is 5.62. The average Bonchev–Trinajstić information content (AvgIpc) is 2.98. The van der Waals surface area contributed by atoms with E-state index >= 15 is 0 Å². The van der Waals surface area contributed by atoms with Gasteiger partial charge in [0, 0.05) is 20.3 Å². The predicted octanol–water partition coefficient (Wildman–Crippen LogP) is 3.98. The van der Waals surface area contributed by atoms with Gasteiger partial charge in [-0.3, -0.25) is 4.79 Å². The topological polar surface area (TPSA) is 85.3 Å². The zero-order valence-corrected chi connectivity index (χ0v) is 14.0. The fourth-order valence-electron chi connectivity index (χ4n) is 2.25. The molecule has 2 heterocycles. The lowest BCUT2D eigenvalue weighted by Gasteiger charge is -2.00. The van der Waals surface area contributed by atoms with Crippen LogP contribution in [0, 0.1) is 0 Å². The number of primary amides is 1. The summed E-state index contributed by atoms with van der Waals surface area (Å²) in [6.45, 7) is 0. The summed E-state index contributed by atoms with van der Waals surface area (Å²) in [4.78, 5) is 24.7. The van der Waals surface area contributed by atoms with E-state index in [1.54, 1.807) is 17.5 Å². The van der Waals surface area contributed by atoms with Crippen LogP contribution in [-0.2, 0) is 0 Å². The Balaban J connectivity index is 2.33. The molecule has 112 valence electrons. The maximum atomic E-state index is 12.7. The molecule has 0 aliphatic heterocycles. The van der Waals surface area contributed by atoms with Gasteiger partial charge >= 0.3 is 6.03 Å². The lowest BCUT2D eigenvalue weighted by molar-refractivity contribution is 0.104. The van der Waals surface area contributed by atoms with Gasteiger partial charge in [-0.25, -0.2) is 9.36 Å². The van der Waals surface area contributed by atoms with E-state index < -0.39 is 17.7 Å². The Morgan fingerprint density at radius 2 is 2.05 bits per heavy atom. The normalized spacial score (nSPS) is 11.0. The van der Waals surface area contributed by atoms with Gasteiger partial charge in [-0.1, -0.05) is 11.6 Å². The zero-order chi connectivity index (χ0) is 16.0. The summed E-state index contributed by atoms with van der Waals surface area (Å²) in [7, 11) is 0. The molecule has 0 aliphatic carbocycles. The first-order chi connectivity index (χ1) is 10.4. The van der Waals surface area contributed by atoms with Crippen LogP contribution in [-0.4, -0.2) is 21.5 Å². The number of fused-ring (bicyclic) bond motifs is 1. The Kier molecular flexibility index (Phi) is 3.72. The predicted molar refractivity (Wildman–Crippen MR) is 89.0 cm³/mol. The molecule has 3 N–H and O–H groups in total. The van der Waals surface area contributed by atoms with Crippen LogP contribution in [0.1, 0.15) is 15.2 Å². The molecule has 2 aromatic heterocycles. The van der Waals surface area contributed by atoms with Gasteiger partial charge in [0.1, 0.15) is 0 Å². The molecule has 0 unspecified atom stereocenters. The van der Waals surface area contributed by atoms with Crippen LogP contribution in [0.4, 0.5) is 4.79 Å². The number of hydrogen-bond donors (Lipinski definition) is 2. The fraction of sp³-hybridized carbons (Fsp3) is 0. The highest BCUT2D eigenvalue weighted by Crippen LogP contribution is 2.35. The fourth-order valence-corrected chi connectivity index (χ4v) is 3.80. The number of amides is 1. The number of hydrogen-bond acceptors (Lipinski definition) is 4. The van der Waals surface area contributed by atoms with E-state index in [0.29, 0.717) is 20.8 Å². The SMILES string of the molecule is NC(=O)n1c(O)c(C(=O)c2cc(Br)cs2)c2cc(Cl)ccc21. The second kappa shape index (κ2) is 5.42. The van der Waals surface area contributed by atoms with Crippen molar-refractivity contribution in [3.8, 4) is 5.88 Å². The van der Waals surface area contributed by atoms with Crippen LogP contribution in [0.5, 0.6) is 5.88 Å². The Morgan fingerprint density at radius 1 is 1.32 bits per heavy atom. The number of benzene rings is 1. The van der Waals surface area contributed by atoms with Crippen molar-refractivity contribution in [3.05, 3.63) is 49.6 Å². The second-order valence-electron chi connectivity index (χ2n) is 4.49. The molecule has 0 saturated carbocycles. The molecule has 3 aromatic rings. The van der Waals surface area contributed by atoms with Gasteiger partial charge in [0.05, 0.1) is 16.0 Å². The monoisotopic (exact) mass is 398 g/mol. The van der Waals surface area contributed by atoms with Gasteiger partial charge in [-0.05, 0) is 40.2 Å². The molecule has 0 fully saturated rings. The van der Waals surface area contributed by atoms with Gasteiger partial charge < -0.3 is 10.8 Å². The molecule has 0 radical (unpaired) electrons. The lowest BCUT2D eigenvalue weighted by atomic mass is 10.1. The average molecular weight is 400 g/mol. The summed E-state index contributed by atoms with van der Waals surface area (Å²) >= 11 is 10.5. The van der Waals surface area contributed by atoms with Crippen molar-refractivity contribution in [2.24, 2.45) is 5.73 Å². The summed E-state index contributed by atoms with van der Waals surface area (Å²) in [5.74, 6) is -0.889. The largest absolute Gasteiger partial charge is 0.494 e. The van der Waals surface area contributed by atoms with E-state index in [1.165, 1.54) is 23.5 Å². The van der Waals surface area contributed by atoms with Crippen molar-refractivity contribution in [1.82, 2.24) is 4.57 Å². The molecule has 0 saturated heterocycles. The number of carbonyl (C=O) groups excluding carboxylic acids is 2. The molecule has 0 atom stereocenters. The summed E-state index contributed by atoms with van der Waals surface area (Å²) in [6.07, 6.45) is 0. The molecule has 1 amide bonds. The third kappa shape index (κ3) is 2.31. The van der Waals surface area contributed by atoms with E-state index in [9.17, 15) is 14.7 Å². The zero-order valence-electron chi connectivity index (χ0n) is 10.8. The Hall–Kier alpha value is -1.83. The van der Waals surface area contributed by atoms with Crippen LogP contribution in [0.3, 0.4) is 0 Å². The molecular formula is C14H8BrClN2O3S. The summed E-state index contributed by atoms with van der Waals surface area (Å²) in [6, 6.07) is 5.37. The van der Waals surface area contributed by atoms with E-state index in [1.807, 2.05) is 0 Å². The molecular weight excluding hydrogens is 392 g/mol. The van der Waals surface area contributed by atoms with Crippen LogP contribution < -0.4 is 5.73 Å². The first-order valence-corrected chi connectivity index (χ1v) is 8.06. The van der Waals surface area contributed by atoms with Crippen molar-refractivity contribution >= 4 is 61.6 Å². The highest BCUT2D eigenvalue weighted by atomic mass is 79.9. The number of rotatable bonds is 2. The molecule has 0 aliphatic rings. The van der Waals surface area contributed by atoms with E-state index in [2.05, 4.69) is 15.9 Å². The molecule has 0 bridgehead atoms. The smallest absolute Gasteiger partial charge is 0.326 e. The van der Waals surface area contributed by atoms with Crippen molar-refractivity contribution in [1.29, 1.82) is 0 Å². The minimum Gasteiger partial charge on any atom is -0.494 e. The van der Waals surface area contributed by atoms with Gasteiger partial charge in [-0.2, -0.15) is 0 Å². The van der Waals surface area contributed by atoms with Gasteiger partial charge in [0.2, 0.25) is 11.7 Å². The second-order valence-corrected chi connectivity index (χ2v) is 6.76. The quantitative estimate of drug-likeness (QED) is 0.639. The number of nitrogens with two attached hydrogens (primary N) is 1. The standard InChI is InChI=1S/C14H8BrClN2O3S/c15-6-3-10(22-5-6)12(19)11-8-4-7(16)1-2-9(8)18(13(11)20)14(17)21/h1-5,20H,(H2,17,21). The van der Waals surface area contributed by atoms with E-state index in [-0.39, 0.29) is 5.56 Å². The number of aromatic nitrogens is 1. The van der Waals surface area contributed by atoms with Crippen molar-refractivity contribution in [2.45, 2.75) is 0 Å². The lowest BCUT2D eigenvalue weighted by Crippen LogP contribution is -2.18. The first-order valence-electron chi connectivity index (χ1n) is 6.01. The van der Waals surface area contributed by atoms with Gasteiger partial charge in [-0.15, -0.1) is 11.3 Å². The Labute approximate surface area is 142 Å². The van der Waals surface area contributed by atoms with Crippen LogP contribution in [0.25, 0.3) is 10.9 Å². The minimum atomic E-state index is -0.878. The van der Waals surface area contributed by atoms with Crippen molar-refractivity contribution < 1.29 is 14.7 Å². The van der Waals surface area contributed by atoms with Crippen molar-refractivity contribution in [3.63, 3.8) is 0 Å². The van der Waals surface area contributed by atoms with E-state index in [4.69, 9.17) is 17.3 Å². The van der Waals surface area contributed by atoms with E-state index in [0.717, 1.165) is 9.04 Å². The molecule has 3 rings (SSSR count). The number of thiophene rings is 1. The van der Waals surface area contributed by atoms with Crippen LogP contribution in [0.2, 0.25) is 5.02 Å². The molecule has 1 aromatic carbocycles. The molecule has 8 heteroatoms. The number of nitrogens with zero attached hydrogens (tertiary/aromatic N) is 1. The van der Waals surface area contributed by atoms with Gasteiger partial charge in [0.25, 0.3) is 0 Å². The maximum Gasteiger partial charge on any atom is 0.326 e. The number of aromatic hydroxyl groups is 1. The Morgan fingerprint density at radius 3 is 2.64 bits per heavy atom. The van der Waals surface area contributed by atoms with Crippen molar-refractivity contribution in [2.75, 3.05) is 0 Å². The third-order valence-corrected chi connectivity index (χ3v) is 5.07. The molecule has 5 nitrogen and oxygen atoms in total. The van der Waals surface area contributed by atoms with Crippen LogP contribution in [0.15, 0.2) is 34.1 Å².